The largest absolute Gasteiger partial charge is 0.497 e. The standard InChI is InChI=1S/C31H34N4O5S/c1-21-12-14-28(22(2)16-21)35-23(3)17-25(24(35)4)19-32-33-31(36)20-34(41(37,38)27-10-8-7-9-11-27)29-18-26(39-5)13-15-30(29)40-6/h7-19H,20H2,1-6H3,(H,33,36)/b32-19-. The molecule has 0 unspecified atom stereocenters. The van der Waals surface area contributed by atoms with Crippen LogP contribution in [0.3, 0.4) is 0 Å². The van der Waals surface area contributed by atoms with Crippen molar-refractivity contribution in [2.75, 3.05) is 25.1 Å². The highest BCUT2D eigenvalue weighted by atomic mass is 32.2. The molecule has 1 N–H and O–H groups in total. The average Bonchev–Trinajstić information content (AvgIpc) is 3.24. The number of ether oxygens (including phenoxy) is 2. The first kappa shape index (κ1) is 29.4. The molecular formula is C31H34N4O5S. The average molecular weight is 575 g/mol. The number of aromatic nitrogens is 1. The number of hydrazone groups is 1. The highest BCUT2D eigenvalue weighted by Crippen LogP contribution is 2.35. The van der Waals surface area contributed by atoms with Crippen LogP contribution in [0.25, 0.3) is 5.69 Å². The number of sulfonamides is 1. The summed E-state index contributed by atoms with van der Waals surface area (Å²) in [6, 6.07) is 20.9. The maximum atomic E-state index is 13.7. The van der Waals surface area contributed by atoms with Gasteiger partial charge < -0.3 is 14.0 Å². The molecule has 1 aromatic heterocycles. The zero-order valence-corrected chi connectivity index (χ0v) is 24.8. The van der Waals surface area contributed by atoms with Crippen molar-refractivity contribution in [3.05, 3.63) is 101 Å². The summed E-state index contributed by atoms with van der Waals surface area (Å²) in [5.74, 6) is 0.0425. The predicted octanol–water partition coefficient (Wildman–Crippen LogP) is 5.07. The van der Waals surface area contributed by atoms with Crippen LogP contribution in [-0.2, 0) is 14.8 Å². The zero-order chi connectivity index (χ0) is 29.7. The van der Waals surface area contributed by atoms with E-state index in [4.69, 9.17) is 9.47 Å². The topological polar surface area (TPSA) is 102 Å². The van der Waals surface area contributed by atoms with E-state index in [1.807, 2.05) is 19.9 Å². The number of nitrogens with zero attached hydrogens (tertiary/aromatic N) is 3. The van der Waals surface area contributed by atoms with Crippen molar-refractivity contribution in [3.8, 4) is 17.2 Å². The quantitative estimate of drug-likeness (QED) is 0.210. The molecule has 0 aliphatic heterocycles. The highest BCUT2D eigenvalue weighted by molar-refractivity contribution is 7.92. The van der Waals surface area contributed by atoms with E-state index in [9.17, 15) is 13.2 Å². The maximum Gasteiger partial charge on any atom is 0.264 e. The number of aryl methyl sites for hydroxylation is 3. The molecule has 10 heteroatoms. The van der Waals surface area contributed by atoms with Crippen molar-refractivity contribution in [3.63, 3.8) is 0 Å². The summed E-state index contributed by atoms with van der Waals surface area (Å²) in [4.78, 5) is 13.1. The van der Waals surface area contributed by atoms with Crippen LogP contribution in [0.4, 0.5) is 5.69 Å². The fraction of sp³-hybridized carbons (Fsp3) is 0.226. The van der Waals surface area contributed by atoms with E-state index in [1.54, 1.807) is 36.5 Å². The van der Waals surface area contributed by atoms with Crippen molar-refractivity contribution in [1.29, 1.82) is 0 Å². The summed E-state index contributed by atoms with van der Waals surface area (Å²) < 4.78 is 41.3. The molecule has 0 atom stereocenters. The second-order valence-corrected chi connectivity index (χ2v) is 11.5. The van der Waals surface area contributed by atoms with Crippen LogP contribution in [0.2, 0.25) is 0 Å². The molecule has 1 heterocycles. The van der Waals surface area contributed by atoms with E-state index in [0.717, 1.165) is 32.5 Å². The Bertz CT molecular complexity index is 1700. The highest BCUT2D eigenvalue weighted by Gasteiger charge is 2.30. The fourth-order valence-corrected chi connectivity index (χ4v) is 6.14. The minimum atomic E-state index is -4.15. The van der Waals surface area contributed by atoms with Crippen LogP contribution in [0.1, 0.15) is 28.1 Å². The van der Waals surface area contributed by atoms with Gasteiger partial charge in [0.2, 0.25) is 0 Å². The fourth-order valence-electron chi connectivity index (χ4n) is 4.70. The molecule has 41 heavy (non-hydrogen) atoms. The van der Waals surface area contributed by atoms with Gasteiger partial charge in [-0.05, 0) is 69.7 Å². The van der Waals surface area contributed by atoms with Gasteiger partial charge in [-0.25, -0.2) is 13.8 Å². The second kappa shape index (κ2) is 12.3. The lowest BCUT2D eigenvalue weighted by Crippen LogP contribution is -2.39. The Kier molecular flexibility index (Phi) is 8.83. The molecule has 1 amide bonds. The summed E-state index contributed by atoms with van der Waals surface area (Å²) in [5.41, 5.74) is 8.85. The van der Waals surface area contributed by atoms with Crippen LogP contribution in [0.5, 0.6) is 11.5 Å². The van der Waals surface area contributed by atoms with Crippen LogP contribution in [0, 0.1) is 27.7 Å². The van der Waals surface area contributed by atoms with Crippen LogP contribution >= 0.6 is 0 Å². The first-order chi connectivity index (χ1) is 19.6. The number of methoxy groups -OCH3 is 2. The first-order valence-corrected chi connectivity index (χ1v) is 14.4. The van der Waals surface area contributed by atoms with Gasteiger partial charge in [0.05, 0.1) is 31.0 Å². The van der Waals surface area contributed by atoms with Gasteiger partial charge in [0.25, 0.3) is 15.9 Å². The zero-order valence-electron chi connectivity index (χ0n) is 24.0. The van der Waals surface area contributed by atoms with E-state index < -0.39 is 22.5 Å². The van der Waals surface area contributed by atoms with Crippen LogP contribution < -0.4 is 19.2 Å². The van der Waals surface area contributed by atoms with Gasteiger partial charge >= 0.3 is 0 Å². The molecule has 0 saturated carbocycles. The Labute approximate surface area is 241 Å². The Morgan fingerprint density at radius 2 is 1.68 bits per heavy atom. The summed E-state index contributed by atoms with van der Waals surface area (Å²) >= 11 is 0. The van der Waals surface area contributed by atoms with Gasteiger partial charge in [-0.2, -0.15) is 5.10 Å². The number of nitrogens with one attached hydrogen (secondary N) is 1. The van der Waals surface area contributed by atoms with Gasteiger partial charge in [0.1, 0.15) is 18.0 Å². The van der Waals surface area contributed by atoms with Crippen molar-refractivity contribution in [2.24, 2.45) is 5.10 Å². The minimum absolute atomic E-state index is 0.0278. The summed E-state index contributed by atoms with van der Waals surface area (Å²) in [6.07, 6.45) is 1.56. The van der Waals surface area contributed by atoms with Crippen molar-refractivity contribution in [1.82, 2.24) is 9.99 Å². The van der Waals surface area contributed by atoms with E-state index in [1.165, 1.54) is 38.0 Å². The smallest absolute Gasteiger partial charge is 0.264 e. The molecular weight excluding hydrogens is 540 g/mol. The molecule has 0 radical (unpaired) electrons. The van der Waals surface area contributed by atoms with E-state index in [0.29, 0.717) is 5.75 Å². The third-order valence-electron chi connectivity index (χ3n) is 6.73. The molecule has 0 saturated heterocycles. The van der Waals surface area contributed by atoms with Crippen molar-refractivity contribution >= 4 is 27.8 Å². The predicted molar refractivity (Wildman–Crippen MR) is 161 cm³/mol. The summed E-state index contributed by atoms with van der Waals surface area (Å²) in [7, 11) is -1.25. The van der Waals surface area contributed by atoms with Crippen molar-refractivity contribution in [2.45, 2.75) is 32.6 Å². The van der Waals surface area contributed by atoms with Crippen molar-refractivity contribution < 1.29 is 22.7 Å². The Balaban J connectivity index is 1.61. The third-order valence-corrected chi connectivity index (χ3v) is 8.50. The Morgan fingerprint density at radius 3 is 2.34 bits per heavy atom. The van der Waals surface area contributed by atoms with Gasteiger partial charge in [0.15, 0.2) is 0 Å². The number of carbonyl (C=O) groups is 1. The number of carbonyl (C=O) groups excluding carboxylic acids is 1. The summed E-state index contributed by atoms with van der Waals surface area (Å²) in [6.45, 7) is 7.58. The molecule has 4 aromatic rings. The monoisotopic (exact) mass is 574 g/mol. The molecule has 214 valence electrons. The minimum Gasteiger partial charge on any atom is -0.497 e. The second-order valence-electron chi connectivity index (χ2n) is 9.61. The van der Waals surface area contributed by atoms with Crippen LogP contribution in [-0.4, -0.2) is 45.9 Å². The lowest BCUT2D eigenvalue weighted by Gasteiger charge is -2.25. The normalized spacial score (nSPS) is 11.5. The number of hydrogen-bond acceptors (Lipinski definition) is 6. The number of anilines is 1. The number of rotatable bonds is 10. The van der Waals surface area contributed by atoms with Gasteiger partial charge in [-0.15, -0.1) is 0 Å². The summed E-state index contributed by atoms with van der Waals surface area (Å²) in [5, 5.41) is 4.15. The third kappa shape index (κ3) is 6.28. The maximum absolute atomic E-state index is 13.7. The Hall–Kier alpha value is -4.57. The van der Waals surface area contributed by atoms with E-state index in [2.05, 4.69) is 47.1 Å². The molecule has 0 bridgehead atoms. The first-order valence-electron chi connectivity index (χ1n) is 12.9. The van der Waals surface area contributed by atoms with Crippen LogP contribution in [0.15, 0.2) is 82.8 Å². The van der Waals surface area contributed by atoms with E-state index in [-0.39, 0.29) is 16.3 Å². The van der Waals surface area contributed by atoms with Gasteiger partial charge in [0, 0.05) is 28.7 Å². The molecule has 0 aliphatic rings. The molecule has 9 nitrogen and oxygen atoms in total. The lowest BCUT2D eigenvalue weighted by molar-refractivity contribution is -0.119. The van der Waals surface area contributed by atoms with Gasteiger partial charge in [-0.1, -0.05) is 35.9 Å². The van der Waals surface area contributed by atoms with E-state index >= 15 is 0 Å². The molecule has 0 fully saturated rings. The molecule has 4 rings (SSSR count). The Morgan fingerprint density at radius 1 is 0.951 bits per heavy atom. The molecule has 0 aliphatic carbocycles. The lowest BCUT2D eigenvalue weighted by atomic mass is 10.1. The number of benzene rings is 3. The molecule has 0 spiro atoms. The van der Waals surface area contributed by atoms with Gasteiger partial charge in [-0.3, -0.25) is 9.10 Å². The number of hydrogen-bond donors (Lipinski definition) is 1. The molecule has 3 aromatic carbocycles. The number of amides is 1. The SMILES string of the molecule is COc1ccc(OC)c(N(CC(=O)N/N=C\c2cc(C)n(-c3ccc(C)cc3C)c2C)S(=O)(=O)c2ccccc2)c1.